The Hall–Kier alpha value is -1.81. The van der Waals surface area contributed by atoms with Gasteiger partial charge in [-0.05, 0) is 19.1 Å². The van der Waals surface area contributed by atoms with Crippen LogP contribution in [-0.4, -0.2) is 35.9 Å². The Labute approximate surface area is 106 Å². The number of aliphatic hydroxyl groups is 1. The first kappa shape index (κ1) is 11.3. The fourth-order valence-corrected chi connectivity index (χ4v) is 2.52. The summed E-state index contributed by atoms with van der Waals surface area (Å²) in [5, 5.41) is 11.9. The zero-order valence-corrected chi connectivity index (χ0v) is 10.6. The smallest absolute Gasteiger partial charge is 0.136 e. The van der Waals surface area contributed by atoms with Gasteiger partial charge in [0.05, 0.1) is 12.7 Å². The van der Waals surface area contributed by atoms with E-state index in [2.05, 4.69) is 9.88 Å². The fourth-order valence-electron chi connectivity index (χ4n) is 2.52. The fraction of sp³-hybridized carbons (Fsp3) is 0.357. The summed E-state index contributed by atoms with van der Waals surface area (Å²) in [4.78, 5) is 6.51. The summed E-state index contributed by atoms with van der Waals surface area (Å²) >= 11 is 0. The Morgan fingerprint density at radius 2 is 2.06 bits per heavy atom. The number of anilines is 1. The maximum absolute atomic E-state index is 9.82. The predicted molar refractivity (Wildman–Crippen MR) is 71.1 cm³/mol. The Morgan fingerprint density at radius 1 is 1.28 bits per heavy atom. The number of nitrogens with zero attached hydrogens (tertiary/aromatic N) is 2. The Balaban J connectivity index is 2.08. The van der Waals surface area contributed by atoms with Gasteiger partial charge in [-0.1, -0.05) is 12.1 Å². The monoisotopic (exact) mass is 244 g/mol. The number of ether oxygens (including phenoxy) is 1. The molecule has 4 heteroatoms. The van der Waals surface area contributed by atoms with E-state index in [0.29, 0.717) is 13.1 Å². The molecule has 1 aromatic heterocycles. The highest BCUT2D eigenvalue weighted by Crippen LogP contribution is 2.34. The number of rotatable bonds is 2. The minimum Gasteiger partial charge on any atom is -0.496 e. The van der Waals surface area contributed by atoms with Crippen molar-refractivity contribution in [3.63, 3.8) is 0 Å². The predicted octanol–water partition coefficient (Wildman–Crippen LogP) is 1.81. The van der Waals surface area contributed by atoms with Gasteiger partial charge in [-0.3, -0.25) is 0 Å². The second-order valence-corrected chi connectivity index (χ2v) is 5.04. The second kappa shape index (κ2) is 3.85. The topological polar surface area (TPSA) is 45.6 Å². The van der Waals surface area contributed by atoms with E-state index < -0.39 is 5.60 Å². The molecule has 1 N–H and O–H groups in total. The highest BCUT2D eigenvalue weighted by molar-refractivity contribution is 5.96. The van der Waals surface area contributed by atoms with E-state index in [1.54, 1.807) is 13.3 Å². The average Bonchev–Trinajstić information content (AvgIpc) is 2.34. The number of pyridine rings is 1. The van der Waals surface area contributed by atoms with Gasteiger partial charge in [-0.2, -0.15) is 0 Å². The third-order valence-corrected chi connectivity index (χ3v) is 3.33. The molecule has 1 saturated heterocycles. The van der Waals surface area contributed by atoms with Crippen molar-refractivity contribution in [1.29, 1.82) is 0 Å². The minimum atomic E-state index is -0.595. The first-order valence-corrected chi connectivity index (χ1v) is 6.00. The summed E-state index contributed by atoms with van der Waals surface area (Å²) in [6, 6.07) is 7.89. The van der Waals surface area contributed by atoms with Gasteiger partial charge in [0.2, 0.25) is 0 Å². The molecule has 4 nitrogen and oxygen atoms in total. The van der Waals surface area contributed by atoms with Gasteiger partial charge in [-0.25, -0.2) is 4.98 Å². The maximum atomic E-state index is 9.82. The quantitative estimate of drug-likeness (QED) is 0.875. The zero-order chi connectivity index (χ0) is 12.8. The van der Waals surface area contributed by atoms with Crippen molar-refractivity contribution in [2.75, 3.05) is 25.1 Å². The van der Waals surface area contributed by atoms with Gasteiger partial charge in [0, 0.05) is 30.1 Å². The highest BCUT2D eigenvalue weighted by Gasteiger charge is 2.37. The summed E-state index contributed by atoms with van der Waals surface area (Å²) < 4.78 is 5.36. The molecule has 1 aliphatic heterocycles. The molecular formula is C14H16N2O2. The van der Waals surface area contributed by atoms with Crippen molar-refractivity contribution in [3.05, 3.63) is 30.5 Å². The third-order valence-electron chi connectivity index (χ3n) is 3.33. The number of hydrogen-bond acceptors (Lipinski definition) is 4. The molecule has 1 aromatic carbocycles. The second-order valence-electron chi connectivity index (χ2n) is 5.04. The van der Waals surface area contributed by atoms with Crippen molar-refractivity contribution >= 4 is 16.6 Å². The molecule has 0 aliphatic carbocycles. The lowest BCUT2D eigenvalue weighted by Crippen LogP contribution is -2.60. The Kier molecular flexibility index (Phi) is 2.41. The molecular weight excluding hydrogens is 228 g/mol. The van der Waals surface area contributed by atoms with E-state index in [1.165, 1.54) is 0 Å². The molecule has 1 aliphatic rings. The van der Waals surface area contributed by atoms with E-state index in [-0.39, 0.29) is 0 Å². The molecule has 0 unspecified atom stereocenters. The van der Waals surface area contributed by atoms with Crippen molar-refractivity contribution < 1.29 is 9.84 Å². The lowest BCUT2D eigenvalue weighted by molar-refractivity contribution is 0.0307. The molecule has 2 aromatic rings. The van der Waals surface area contributed by atoms with Crippen LogP contribution in [-0.2, 0) is 0 Å². The summed E-state index contributed by atoms with van der Waals surface area (Å²) in [6.45, 7) is 3.09. The van der Waals surface area contributed by atoms with E-state index >= 15 is 0 Å². The summed E-state index contributed by atoms with van der Waals surface area (Å²) in [5.41, 5.74) is -0.595. The number of β-amino-alcohol motifs (C(OH)–C–C–N with tert-alkyl or cyclic N) is 1. The van der Waals surface area contributed by atoms with Crippen LogP contribution in [0.3, 0.4) is 0 Å². The van der Waals surface area contributed by atoms with Crippen molar-refractivity contribution in [3.8, 4) is 5.75 Å². The zero-order valence-electron chi connectivity index (χ0n) is 10.6. The lowest BCUT2D eigenvalue weighted by Gasteiger charge is -2.45. The van der Waals surface area contributed by atoms with Crippen LogP contribution in [0.1, 0.15) is 6.92 Å². The van der Waals surface area contributed by atoms with Gasteiger partial charge in [0.15, 0.2) is 0 Å². The molecule has 0 radical (unpaired) electrons. The lowest BCUT2D eigenvalue weighted by atomic mass is 9.96. The van der Waals surface area contributed by atoms with Crippen LogP contribution in [0.2, 0.25) is 0 Å². The molecule has 0 spiro atoms. The van der Waals surface area contributed by atoms with Gasteiger partial charge in [0.1, 0.15) is 11.6 Å². The van der Waals surface area contributed by atoms with Crippen LogP contribution in [0.4, 0.5) is 5.82 Å². The number of methoxy groups -OCH3 is 1. The largest absolute Gasteiger partial charge is 0.496 e. The number of fused-ring (bicyclic) bond motifs is 1. The summed E-state index contributed by atoms with van der Waals surface area (Å²) in [6.07, 6.45) is 1.78. The number of hydrogen-bond donors (Lipinski definition) is 1. The summed E-state index contributed by atoms with van der Waals surface area (Å²) in [5.74, 6) is 1.77. The van der Waals surface area contributed by atoms with Gasteiger partial charge >= 0.3 is 0 Å². The first-order chi connectivity index (χ1) is 8.61. The molecule has 18 heavy (non-hydrogen) atoms. The van der Waals surface area contributed by atoms with Crippen molar-refractivity contribution in [2.24, 2.45) is 0 Å². The average molecular weight is 244 g/mol. The van der Waals surface area contributed by atoms with Gasteiger partial charge in [0.25, 0.3) is 0 Å². The Bertz CT molecular complexity index is 587. The Morgan fingerprint density at radius 3 is 2.72 bits per heavy atom. The molecule has 2 heterocycles. The van der Waals surface area contributed by atoms with Crippen molar-refractivity contribution in [2.45, 2.75) is 12.5 Å². The molecule has 0 amide bonds. The van der Waals surface area contributed by atoms with E-state index in [1.807, 2.05) is 31.2 Å². The van der Waals surface area contributed by atoms with Crippen LogP contribution in [0, 0.1) is 0 Å². The molecule has 3 rings (SSSR count). The molecule has 1 fully saturated rings. The van der Waals surface area contributed by atoms with Crippen molar-refractivity contribution in [1.82, 2.24) is 4.98 Å². The van der Waals surface area contributed by atoms with E-state index in [4.69, 9.17) is 4.74 Å². The number of aromatic nitrogens is 1. The van der Waals surface area contributed by atoms with Gasteiger partial charge in [-0.15, -0.1) is 0 Å². The van der Waals surface area contributed by atoms with Crippen LogP contribution in [0.25, 0.3) is 10.8 Å². The maximum Gasteiger partial charge on any atom is 0.136 e. The van der Waals surface area contributed by atoms with Crippen LogP contribution >= 0.6 is 0 Å². The highest BCUT2D eigenvalue weighted by atomic mass is 16.5. The minimum absolute atomic E-state index is 0.595. The van der Waals surface area contributed by atoms with Crippen LogP contribution < -0.4 is 9.64 Å². The van der Waals surface area contributed by atoms with Crippen LogP contribution in [0.5, 0.6) is 5.75 Å². The molecule has 0 bridgehead atoms. The normalized spacial score (nSPS) is 17.6. The van der Waals surface area contributed by atoms with E-state index in [9.17, 15) is 5.11 Å². The first-order valence-electron chi connectivity index (χ1n) is 6.00. The molecule has 94 valence electrons. The number of benzene rings is 1. The summed E-state index contributed by atoms with van der Waals surface area (Å²) in [7, 11) is 1.67. The van der Waals surface area contributed by atoms with E-state index in [0.717, 1.165) is 22.3 Å². The SMILES string of the molecule is COc1cccc2c(N3CC(C)(O)C3)nccc12. The van der Waals surface area contributed by atoms with Crippen LogP contribution in [0.15, 0.2) is 30.5 Å². The standard InChI is InChI=1S/C14H16N2O2/c1-14(17)8-16(9-14)13-11-4-3-5-12(18-2)10(11)6-7-15-13/h3-7,17H,8-9H2,1-2H3. The third kappa shape index (κ3) is 1.69. The molecule has 0 atom stereocenters. The molecule has 0 saturated carbocycles. The van der Waals surface area contributed by atoms with Gasteiger partial charge < -0.3 is 14.7 Å².